The molecule has 1 aromatic rings. The monoisotopic (exact) mass is 158 g/mol. The fourth-order valence-electron chi connectivity index (χ4n) is 1.62. The van der Waals surface area contributed by atoms with Crippen LogP contribution in [0.4, 0.5) is 0 Å². The molecule has 12 heavy (non-hydrogen) atoms. The highest BCUT2D eigenvalue weighted by Gasteiger charge is 2.10. The highest BCUT2D eigenvalue weighted by atomic mass is 16.1. The number of benzene rings is 1. The van der Waals surface area contributed by atoms with Gasteiger partial charge in [-0.25, -0.2) is 0 Å². The van der Waals surface area contributed by atoms with Crippen LogP contribution in [0.15, 0.2) is 24.3 Å². The van der Waals surface area contributed by atoms with E-state index >= 15 is 0 Å². The second kappa shape index (κ2) is 2.59. The molecule has 0 saturated carbocycles. The van der Waals surface area contributed by atoms with E-state index in [0.717, 1.165) is 22.4 Å². The quantitative estimate of drug-likeness (QED) is 0.585. The molecule has 0 atom stereocenters. The summed E-state index contributed by atoms with van der Waals surface area (Å²) in [7, 11) is 0. The summed E-state index contributed by atoms with van der Waals surface area (Å²) in [6.45, 7) is 2.02. The van der Waals surface area contributed by atoms with Crippen molar-refractivity contribution in [2.75, 3.05) is 0 Å². The van der Waals surface area contributed by atoms with Crippen LogP contribution in [0.1, 0.15) is 13.3 Å². The molecule has 0 fully saturated rings. The first kappa shape index (κ1) is 7.29. The van der Waals surface area contributed by atoms with Gasteiger partial charge in [0.15, 0.2) is 5.78 Å². The fraction of sp³-hybridized carbons (Fsp3) is 0.182. The van der Waals surface area contributed by atoms with Gasteiger partial charge in [0.05, 0.1) is 0 Å². The van der Waals surface area contributed by atoms with Crippen molar-refractivity contribution in [1.82, 2.24) is 0 Å². The Morgan fingerprint density at radius 3 is 2.75 bits per heavy atom. The average molecular weight is 158 g/mol. The topological polar surface area (TPSA) is 17.1 Å². The van der Waals surface area contributed by atoms with Gasteiger partial charge >= 0.3 is 0 Å². The zero-order valence-electron chi connectivity index (χ0n) is 7.00. The lowest BCUT2D eigenvalue weighted by molar-refractivity contribution is -0.108. The minimum Gasteiger partial charge on any atom is -0.290 e. The molecular formula is C11H10O. The molecule has 1 nitrogen and oxygen atoms in total. The summed E-state index contributed by atoms with van der Waals surface area (Å²) in [6.07, 6.45) is 2.54. The number of Topliss-reactive ketones (excluding diaryl/α,β-unsaturated/α-hetero) is 1. The molecule has 1 aliphatic carbocycles. The average Bonchev–Trinajstić information content (AvgIpc) is 2.40. The van der Waals surface area contributed by atoms with Gasteiger partial charge in [0.25, 0.3) is 0 Å². The normalized spacial score (nSPS) is 14.4. The molecule has 1 aromatic carbocycles. The summed E-state index contributed by atoms with van der Waals surface area (Å²) in [5.41, 5.74) is 0.950. The van der Waals surface area contributed by atoms with Gasteiger partial charge in [-0.2, -0.15) is 0 Å². The van der Waals surface area contributed by atoms with Crippen LogP contribution in [0.2, 0.25) is 0 Å². The van der Waals surface area contributed by atoms with E-state index in [2.05, 4.69) is 0 Å². The van der Waals surface area contributed by atoms with Crippen molar-refractivity contribution >= 4 is 17.4 Å². The van der Waals surface area contributed by atoms with Gasteiger partial charge in [-0.1, -0.05) is 31.2 Å². The van der Waals surface area contributed by atoms with Gasteiger partial charge in [0.1, 0.15) is 0 Å². The third kappa shape index (κ3) is 0.900. The molecule has 0 radical (unpaired) electrons. The highest BCUT2D eigenvalue weighted by molar-refractivity contribution is 6.32. The molecule has 0 saturated heterocycles. The molecule has 0 amide bonds. The van der Waals surface area contributed by atoms with E-state index in [4.69, 9.17) is 0 Å². The van der Waals surface area contributed by atoms with E-state index in [1.807, 2.05) is 31.2 Å². The standard InChI is InChI=1S/C11H10O/c1-2-9-10-6-4-3-5-8(10)7-11(9)12/h3-7H,2H2,1H3. The Labute approximate surface area is 71.0 Å². The van der Waals surface area contributed by atoms with E-state index < -0.39 is 0 Å². The van der Waals surface area contributed by atoms with Gasteiger partial charge < -0.3 is 0 Å². The van der Waals surface area contributed by atoms with Gasteiger partial charge in [0, 0.05) is 5.57 Å². The lowest BCUT2D eigenvalue weighted by Crippen LogP contribution is -2.21. The zero-order chi connectivity index (χ0) is 8.55. The maximum Gasteiger partial charge on any atom is 0.183 e. The summed E-state index contributed by atoms with van der Waals surface area (Å²) < 4.78 is 0. The highest BCUT2D eigenvalue weighted by Crippen LogP contribution is 2.04. The summed E-state index contributed by atoms with van der Waals surface area (Å²) in [5.74, 6) is 0.179. The molecule has 0 spiro atoms. The zero-order valence-corrected chi connectivity index (χ0v) is 7.00. The smallest absolute Gasteiger partial charge is 0.183 e. The van der Waals surface area contributed by atoms with Crippen molar-refractivity contribution in [2.24, 2.45) is 0 Å². The number of fused-ring (bicyclic) bond motifs is 1. The number of hydrogen-bond donors (Lipinski definition) is 0. The van der Waals surface area contributed by atoms with Crippen molar-refractivity contribution in [3.05, 3.63) is 34.7 Å². The molecule has 0 aromatic heterocycles. The maximum atomic E-state index is 11.4. The Morgan fingerprint density at radius 2 is 2.00 bits per heavy atom. The molecule has 1 heteroatoms. The lowest BCUT2D eigenvalue weighted by atomic mass is 10.1. The Kier molecular flexibility index (Phi) is 1.58. The lowest BCUT2D eigenvalue weighted by Gasteiger charge is -1.91. The summed E-state index contributed by atoms with van der Waals surface area (Å²) in [4.78, 5) is 11.4. The third-order valence-electron chi connectivity index (χ3n) is 2.22. The van der Waals surface area contributed by atoms with E-state index in [0.29, 0.717) is 0 Å². The first-order valence-electron chi connectivity index (χ1n) is 4.17. The molecule has 0 unspecified atom stereocenters. The van der Waals surface area contributed by atoms with Crippen LogP contribution >= 0.6 is 0 Å². The molecule has 2 rings (SSSR count). The first-order valence-corrected chi connectivity index (χ1v) is 4.17. The molecule has 0 N–H and O–H groups in total. The Balaban J connectivity index is 2.88. The predicted molar refractivity (Wildman–Crippen MR) is 48.9 cm³/mol. The number of carbonyl (C=O) groups excluding carboxylic acids is 1. The molecule has 60 valence electrons. The van der Waals surface area contributed by atoms with Crippen LogP contribution in [0.3, 0.4) is 0 Å². The van der Waals surface area contributed by atoms with Crippen LogP contribution in [0.25, 0.3) is 11.6 Å². The van der Waals surface area contributed by atoms with Crippen molar-refractivity contribution in [1.29, 1.82) is 0 Å². The molecule has 0 heterocycles. The predicted octanol–water partition coefficient (Wildman–Crippen LogP) is 0.611. The fourth-order valence-corrected chi connectivity index (χ4v) is 1.62. The largest absolute Gasteiger partial charge is 0.290 e. The van der Waals surface area contributed by atoms with Crippen LogP contribution in [0, 0.1) is 0 Å². The number of carbonyl (C=O) groups is 1. The van der Waals surface area contributed by atoms with E-state index in [9.17, 15) is 4.79 Å². The Hall–Kier alpha value is -1.37. The Bertz CT molecular complexity index is 440. The number of hydrogen-bond acceptors (Lipinski definition) is 1. The molecule has 0 bridgehead atoms. The first-order chi connectivity index (χ1) is 5.83. The van der Waals surface area contributed by atoms with Crippen LogP contribution in [-0.2, 0) is 4.79 Å². The Morgan fingerprint density at radius 1 is 1.25 bits per heavy atom. The van der Waals surface area contributed by atoms with Crippen LogP contribution < -0.4 is 10.4 Å². The molecular weight excluding hydrogens is 148 g/mol. The van der Waals surface area contributed by atoms with Crippen molar-refractivity contribution in [3.8, 4) is 0 Å². The second-order valence-corrected chi connectivity index (χ2v) is 2.93. The number of rotatable bonds is 1. The minimum atomic E-state index is 0.179. The second-order valence-electron chi connectivity index (χ2n) is 2.93. The summed E-state index contributed by atoms with van der Waals surface area (Å²) in [6, 6.07) is 7.92. The third-order valence-corrected chi connectivity index (χ3v) is 2.22. The van der Waals surface area contributed by atoms with Gasteiger partial charge in [-0.3, -0.25) is 4.79 Å². The van der Waals surface area contributed by atoms with E-state index in [-0.39, 0.29) is 5.78 Å². The van der Waals surface area contributed by atoms with Gasteiger partial charge in [0.2, 0.25) is 0 Å². The van der Waals surface area contributed by atoms with Crippen molar-refractivity contribution < 1.29 is 4.79 Å². The molecule has 0 aliphatic heterocycles. The van der Waals surface area contributed by atoms with Gasteiger partial charge in [-0.15, -0.1) is 0 Å². The van der Waals surface area contributed by atoms with Crippen molar-refractivity contribution in [2.45, 2.75) is 13.3 Å². The summed E-state index contributed by atoms with van der Waals surface area (Å²) in [5, 5.41) is 2.18. The summed E-state index contributed by atoms with van der Waals surface area (Å²) >= 11 is 0. The van der Waals surface area contributed by atoms with Crippen molar-refractivity contribution in [3.63, 3.8) is 0 Å². The van der Waals surface area contributed by atoms with Crippen LogP contribution in [0.5, 0.6) is 0 Å². The minimum absolute atomic E-state index is 0.179. The molecule has 1 aliphatic rings. The SMILES string of the molecule is CCC1=c2ccccc2=CC1=O. The van der Waals surface area contributed by atoms with E-state index in [1.165, 1.54) is 0 Å². The maximum absolute atomic E-state index is 11.4. The van der Waals surface area contributed by atoms with Crippen LogP contribution in [-0.4, -0.2) is 5.78 Å². The van der Waals surface area contributed by atoms with E-state index in [1.54, 1.807) is 6.08 Å². The number of ketones is 1. The van der Waals surface area contributed by atoms with Gasteiger partial charge in [-0.05, 0) is 22.9 Å².